The number of hydrogen-bond donors (Lipinski definition) is 5. The van der Waals surface area contributed by atoms with Crippen molar-refractivity contribution in [3.8, 4) is 0 Å². The van der Waals surface area contributed by atoms with E-state index in [1.54, 1.807) is 0 Å². The second-order valence-corrected chi connectivity index (χ2v) is 3.29. The van der Waals surface area contributed by atoms with Gasteiger partial charge in [-0.1, -0.05) is 0 Å². The lowest BCUT2D eigenvalue weighted by Gasteiger charge is -2.13. The van der Waals surface area contributed by atoms with Gasteiger partial charge in [0, 0.05) is 33.0 Å². The molecule has 0 aromatic rings. The molecule has 0 radical (unpaired) electrons. The molecule has 0 aromatic carbocycles. The molecule has 0 unspecified atom stereocenters. The predicted molar refractivity (Wildman–Crippen MR) is 58.3 cm³/mol. The number of aliphatic hydroxyl groups is 1. The number of carbonyl (C=O) groups excluding carboxylic acids is 2. The van der Waals surface area contributed by atoms with Crippen molar-refractivity contribution in [2.75, 3.05) is 19.7 Å². The molecular weight excluding hydrogens is 230 g/mol. The molecule has 0 aliphatic carbocycles. The maximum Gasteiger partial charge on any atom is 0.326 e. The first-order valence-electron chi connectivity index (χ1n) is 5.09. The molecule has 17 heavy (non-hydrogen) atoms. The Hall–Kier alpha value is -1.83. The highest BCUT2D eigenvalue weighted by Crippen LogP contribution is 1.90. The zero-order chi connectivity index (χ0) is 13.3. The summed E-state index contributed by atoms with van der Waals surface area (Å²) in [5.41, 5.74) is 0. The van der Waals surface area contributed by atoms with Crippen LogP contribution in [0, 0.1) is 0 Å². The first-order valence-corrected chi connectivity index (χ1v) is 5.09. The second-order valence-electron chi connectivity index (χ2n) is 3.29. The van der Waals surface area contributed by atoms with Crippen molar-refractivity contribution in [3.63, 3.8) is 0 Å². The van der Waals surface area contributed by atoms with Gasteiger partial charge in [-0.25, -0.2) is 9.59 Å². The number of carbonyl (C=O) groups is 3. The first kappa shape index (κ1) is 15.2. The number of urea groups is 1. The Morgan fingerprint density at radius 1 is 1.18 bits per heavy atom. The Kier molecular flexibility index (Phi) is 7.44. The van der Waals surface area contributed by atoms with E-state index < -0.39 is 18.0 Å². The third-order valence-electron chi connectivity index (χ3n) is 1.81. The average Bonchev–Trinajstić information content (AvgIpc) is 2.23. The summed E-state index contributed by atoms with van der Waals surface area (Å²) in [6.07, 6.45) is -0.0611. The van der Waals surface area contributed by atoms with Crippen LogP contribution in [0.15, 0.2) is 0 Å². The zero-order valence-electron chi connectivity index (χ0n) is 9.52. The van der Waals surface area contributed by atoms with Gasteiger partial charge in [-0.05, 0) is 0 Å². The second kappa shape index (κ2) is 8.34. The van der Waals surface area contributed by atoms with Crippen LogP contribution in [0.25, 0.3) is 0 Å². The van der Waals surface area contributed by atoms with Crippen molar-refractivity contribution in [1.82, 2.24) is 16.0 Å². The Balaban J connectivity index is 3.82. The van der Waals surface area contributed by atoms with E-state index in [1.165, 1.54) is 6.92 Å². The lowest BCUT2D eigenvalue weighted by molar-refractivity contribution is -0.139. The van der Waals surface area contributed by atoms with Crippen LogP contribution in [0.3, 0.4) is 0 Å². The highest BCUT2D eigenvalue weighted by atomic mass is 16.4. The molecule has 8 nitrogen and oxygen atoms in total. The van der Waals surface area contributed by atoms with E-state index in [0.29, 0.717) is 0 Å². The van der Waals surface area contributed by atoms with E-state index in [0.717, 1.165) is 0 Å². The SMILES string of the molecule is CC(=O)NCCNC(=O)N[C@@H](CCO)C(=O)O. The van der Waals surface area contributed by atoms with Crippen molar-refractivity contribution >= 4 is 17.9 Å². The number of rotatable bonds is 7. The van der Waals surface area contributed by atoms with E-state index in [-0.39, 0.29) is 32.0 Å². The molecule has 0 fully saturated rings. The summed E-state index contributed by atoms with van der Waals surface area (Å²) >= 11 is 0. The Morgan fingerprint density at radius 2 is 1.76 bits per heavy atom. The molecule has 0 saturated carbocycles. The van der Waals surface area contributed by atoms with Crippen molar-refractivity contribution in [3.05, 3.63) is 0 Å². The summed E-state index contributed by atoms with van der Waals surface area (Å²) in [6.45, 7) is 1.47. The smallest absolute Gasteiger partial charge is 0.326 e. The van der Waals surface area contributed by atoms with Gasteiger partial charge in [0.25, 0.3) is 0 Å². The number of nitrogens with one attached hydrogen (secondary N) is 3. The van der Waals surface area contributed by atoms with Crippen LogP contribution in [0.1, 0.15) is 13.3 Å². The van der Waals surface area contributed by atoms with Gasteiger partial charge in [0.15, 0.2) is 0 Å². The number of amides is 3. The minimum Gasteiger partial charge on any atom is -0.480 e. The molecule has 98 valence electrons. The predicted octanol–water partition coefficient (Wildman–Crippen LogP) is -1.74. The minimum atomic E-state index is -1.21. The fourth-order valence-corrected chi connectivity index (χ4v) is 1.01. The molecule has 0 aliphatic heterocycles. The highest BCUT2D eigenvalue weighted by molar-refractivity contribution is 5.82. The number of hydrogen-bond acceptors (Lipinski definition) is 4. The zero-order valence-corrected chi connectivity index (χ0v) is 9.52. The molecule has 0 bridgehead atoms. The normalized spacial score (nSPS) is 11.4. The summed E-state index contributed by atoms with van der Waals surface area (Å²) in [7, 11) is 0. The Labute approximate surface area is 98.4 Å². The molecule has 5 N–H and O–H groups in total. The first-order chi connectivity index (χ1) is 7.97. The monoisotopic (exact) mass is 247 g/mol. The van der Waals surface area contributed by atoms with Crippen LogP contribution in [0.5, 0.6) is 0 Å². The number of carboxylic acids is 1. The summed E-state index contributed by atoms with van der Waals surface area (Å²) in [4.78, 5) is 32.3. The van der Waals surface area contributed by atoms with Crippen molar-refractivity contribution < 1.29 is 24.6 Å². The molecule has 0 aliphatic rings. The fourth-order valence-electron chi connectivity index (χ4n) is 1.01. The van der Waals surface area contributed by atoms with Gasteiger partial charge in [0.05, 0.1) is 0 Å². The third kappa shape index (κ3) is 8.03. The van der Waals surface area contributed by atoms with E-state index in [2.05, 4.69) is 16.0 Å². The fraction of sp³-hybridized carbons (Fsp3) is 0.667. The topological polar surface area (TPSA) is 128 Å². The summed E-state index contributed by atoms with van der Waals surface area (Å²) in [5, 5.41) is 24.3. The molecule has 8 heteroatoms. The molecular formula is C9H17N3O5. The van der Waals surface area contributed by atoms with E-state index >= 15 is 0 Å². The lowest BCUT2D eigenvalue weighted by Crippen LogP contribution is -2.47. The van der Waals surface area contributed by atoms with Crippen molar-refractivity contribution in [2.45, 2.75) is 19.4 Å². The van der Waals surface area contributed by atoms with Gasteiger partial charge in [-0.2, -0.15) is 0 Å². The molecule has 3 amide bonds. The molecule has 0 rings (SSSR count). The summed E-state index contributed by atoms with van der Waals surface area (Å²) in [5.74, 6) is -1.42. The molecule has 0 aromatic heterocycles. The van der Waals surface area contributed by atoms with Crippen LogP contribution in [-0.2, 0) is 9.59 Å². The van der Waals surface area contributed by atoms with Gasteiger partial charge < -0.3 is 26.2 Å². The van der Waals surface area contributed by atoms with Gasteiger partial charge >= 0.3 is 12.0 Å². The van der Waals surface area contributed by atoms with Crippen molar-refractivity contribution in [2.24, 2.45) is 0 Å². The molecule has 0 heterocycles. The minimum absolute atomic E-state index is 0.0611. The van der Waals surface area contributed by atoms with Gasteiger partial charge in [0.2, 0.25) is 5.91 Å². The maximum atomic E-state index is 11.2. The standard InChI is InChI=1S/C9H17N3O5/c1-6(14)10-3-4-11-9(17)12-7(2-5-13)8(15)16/h7,13H,2-5H2,1H3,(H,10,14)(H,15,16)(H2,11,12,17)/t7-/m0/s1. The van der Waals surface area contributed by atoms with E-state index in [9.17, 15) is 14.4 Å². The molecule has 1 atom stereocenters. The van der Waals surface area contributed by atoms with E-state index in [4.69, 9.17) is 10.2 Å². The highest BCUT2D eigenvalue weighted by Gasteiger charge is 2.18. The summed E-state index contributed by atoms with van der Waals surface area (Å²) in [6, 6.07) is -1.78. The largest absolute Gasteiger partial charge is 0.480 e. The maximum absolute atomic E-state index is 11.2. The number of aliphatic carboxylic acids is 1. The third-order valence-corrected chi connectivity index (χ3v) is 1.81. The average molecular weight is 247 g/mol. The van der Waals surface area contributed by atoms with Crippen LogP contribution in [0.2, 0.25) is 0 Å². The van der Waals surface area contributed by atoms with Gasteiger partial charge in [-0.3, -0.25) is 4.79 Å². The quantitative estimate of drug-likeness (QED) is 0.341. The van der Waals surface area contributed by atoms with Crippen LogP contribution < -0.4 is 16.0 Å². The molecule has 0 spiro atoms. The number of aliphatic hydroxyl groups excluding tert-OH is 1. The Morgan fingerprint density at radius 3 is 2.24 bits per heavy atom. The lowest BCUT2D eigenvalue weighted by atomic mass is 10.2. The van der Waals surface area contributed by atoms with Crippen LogP contribution in [0.4, 0.5) is 4.79 Å². The number of carboxylic acid groups (broad SMARTS) is 1. The van der Waals surface area contributed by atoms with Gasteiger partial charge in [0.1, 0.15) is 6.04 Å². The van der Waals surface area contributed by atoms with Crippen molar-refractivity contribution in [1.29, 1.82) is 0 Å². The van der Waals surface area contributed by atoms with E-state index in [1.807, 2.05) is 0 Å². The molecule has 0 saturated heterocycles. The Bertz CT molecular complexity index is 282. The van der Waals surface area contributed by atoms with Crippen LogP contribution >= 0.6 is 0 Å². The van der Waals surface area contributed by atoms with Gasteiger partial charge in [-0.15, -0.1) is 0 Å². The summed E-state index contributed by atoms with van der Waals surface area (Å²) < 4.78 is 0. The van der Waals surface area contributed by atoms with Crippen LogP contribution in [-0.4, -0.2) is 53.9 Å².